The maximum Gasteiger partial charge on any atom is 0.225 e. The van der Waals surface area contributed by atoms with Crippen LogP contribution in [0, 0.1) is 11.7 Å². The maximum absolute atomic E-state index is 13.4. The average molecular weight is 381 g/mol. The van der Waals surface area contributed by atoms with Crippen molar-refractivity contribution in [3.05, 3.63) is 69.5 Å². The van der Waals surface area contributed by atoms with Crippen LogP contribution in [0.25, 0.3) is 0 Å². The Morgan fingerprint density at radius 1 is 1.20 bits per heavy atom. The van der Waals surface area contributed by atoms with Crippen LogP contribution in [0.3, 0.4) is 0 Å². The molecule has 0 spiro atoms. The van der Waals surface area contributed by atoms with Crippen LogP contribution in [-0.2, 0) is 4.79 Å². The van der Waals surface area contributed by atoms with Crippen molar-refractivity contribution in [1.82, 2.24) is 10.6 Å². The van der Waals surface area contributed by atoms with Crippen molar-refractivity contribution in [3.63, 3.8) is 0 Å². The molecule has 1 saturated heterocycles. The zero-order chi connectivity index (χ0) is 18.0. The summed E-state index contributed by atoms with van der Waals surface area (Å²) in [4.78, 5) is 12.8. The second-order valence-electron chi connectivity index (χ2n) is 6.36. The number of hydrogen-bond donors (Lipinski definition) is 2. The van der Waals surface area contributed by atoms with Crippen molar-refractivity contribution in [3.8, 4) is 0 Å². The molecule has 0 unspecified atom stereocenters. The van der Waals surface area contributed by atoms with Crippen molar-refractivity contribution in [2.24, 2.45) is 5.92 Å². The van der Waals surface area contributed by atoms with Crippen LogP contribution >= 0.6 is 23.2 Å². The van der Waals surface area contributed by atoms with Gasteiger partial charge in [0.05, 0.1) is 12.0 Å². The van der Waals surface area contributed by atoms with Gasteiger partial charge in [0.15, 0.2) is 0 Å². The lowest BCUT2D eigenvalue weighted by Gasteiger charge is -2.22. The molecule has 3 nitrogen and oxygen atoms in total. The first-order valence-electron chi connectivity index (χ1n) is 8.16. The number of rotatable bonds is 4. The molecule has 1 fully saturated rings. The van der Waals surface area contributed by atoms with E-state index in [9.17, 15) is 9.18 Å². The van der Waals surface area contributed by atoms with Gasteiger partial charge in [-0.1, -0.05) is 35.3 Å². The quantitative estimate of drug-likeness (QED) is 0.829. The SMILES string of the molecule is C[C@H](NC(=O)[C@@H]1CNC[C@H]1c1cc(Cl)cc(Cl)c1)c1cccc(F)c1. The number of benzene rings is 2. The number of carbonyl (C=O) groups is 1. The third kappa shape index (κ3) is 4.32. The molecule has 0 bridgehead atoms. The van der Waals surface area contributed by atoms with Crippen molar-refractivity contribution in [1.29, 1.82) is 0 Å². The van der Waals surface area contributed by atoms with Gasteiger partial charge in [-0.25, -0.2) is 4.39 Å². The molecule has 2 N–H and O–H groups in total. The molecule has 0 radical (unpaired) electrons. The molecule has 6 heteroatoms. The first-order chi connectivity index (χ1) is 11.9. The predicted octanol–water partition coefficient (Wildman–Crippen LogP) is 4.31. The Kier molecular flexibility index (Phi) is 5.62. The number of amides is 1. The minimum absolute atomic E-state index is 0.00379. The minimum atomic E-state index is -0.312. The summed E-state index contributed by atoms with van der Waals surface area (Å²) >= 11 is 12.2. The topological polar surface area (TPSA) is 41.1 Å². The number of hydrogen-bond acceptors (Lipinski definition) is 2. The van der Waals surface area contributed by atoms with Crippen molar-refractivity contribution < 1.29 is 9.18 Å². The molecule has 0 saturated carbocycles. The molecule has 1 aliphatic rings. The summed E-state index contributed by atoms with van der Waals surface area (Å²) in [7, 11) is 0. The van der Waals surface area contributed by atoms with Crippen molar-refractivity contribution in [2.45, 2.75) is 18.9 Å². The monoisotopic (exact) mass is 380 g/mol. The molecule has 0 aliphatic carbocycles. The van der Waals surface area contributed by atoms with E-state index in [1.165, 1.54) is 12.1 Å². The fourth-order valence-electron chi connectivity index (χ4n) is 3.27. The third-order valence-corrected chi connectivity index (χ3v) is 5.01. The van der Waals surface area contributed by atoms with Gasteiger partial charge in [-0.05, 0) is 48.4 Å². The standard InChI is InChI=1S/C19H19Cl2FN2O/c1-11(12-3-2-4-16(22)7-12)24-19(25)18-10-23-9-17(18)13-5-14(20)8-15(21)6-13/h2-8,11,17-18,23H,9-10H2,1H3,(H,24,25)/t11-,17-,18+/m0/s1. The van der Waals surface area contributed by atoms with E-state index in [2.05, 4.69) is 10.6 Å². The zero-order valence-electron chi connectivity index (χ0n) is 13.7. The summed E-state index contributed by atoms with van der Waals surface area (Å²) in [6.07, 6.45) is 0. The lowest BCUT2D eigenvalue weighted by atomic mass is 9.88. The van der Waals surface area contributed by atoms with E-state index < -0.39 is 0 Å². The van der Waals surface area contributed by atoms with Crippen LogP contribution < -0.4 is 10.6 Å². The van der Waals surface area contributed by atoms with E-state index in [4.69, 9.17) is 23.2 Å². The predicted molar refractivity (Wildman–Crippen MR) is 98.5 cm³/mol. The van der Waals surface area contributed by atoms with Crippen LogP contribution in [-0.4, -0.2) is 19.0 Å². The summed E-state index contributed by atoms with van der Waals surface area (Å²) in [5.74, 6) is -0.614. The Bertz CT molecular complexity index is 764. The number of carbonyl (C=O) groups excluding carboxylic acids is 1. The summed E-state index contributed by atoms with van der Waals surface area (Å²) < 4.78 is 13.4. The van der Waals surface area contributed by atoms with Gasteiger partial charge in [0.1, 0.15) is 5.82 Å². The summed E-state index contributed by atoms with van der Waals surface area (Å²) in [6, 6.07) is 11.4. The Morgan fingerprint density at radius 2 is 1.92 bits per heavy atom. The second-order valence-corrected chi connectivity index (χ2v) is 7.23. The Morgan fingerprint density at radius 3 is 2.60 bits per heavy atom. The highest BCUT2D eigenvalue weighted by Gasteiger charge is 2.34. The molecule has 3 atom stereocenters. The van der Waals surface area contributed by atoms with Crippen molar-refractivity contribution >= 4 is 29.1 Å². The number of halogens is 3. The second kappa shape index (κ2) is 7.73. The van der Waals surface area contributed by atoms with Gasteiger partial charge in [-0.3, -0.25) is 4.79 Å². The van der Waals surface area contributed by atoms with Crippen LogP contribution in [0.4, 0.5) is 4.39 Å². The molecule has 2 aromatic rings. The molecule has 132 valence electrons. The molecule has 1 heterocycles. The van der Waals surface area contributed by atoms with E-state index in [1.54, 1.807) is 18.2 Å². The van der Waals surface area contributed by atoms with Gasteiger partial charge in [0.2, 0.25) is 5.91 Å². The van der Waals surface area contributed by atoms with Crippen LogP contribution in [0.5, 0.6) is 0 Å². The van der Waals surface area contributed by atoms with Gasteiger partial charge in [-0.2, -0.15) is 0 Å². The van der Waals surface area contributed by atoms with Gasteiger partial charge in [0.25, 0.3) is 0 Å². The summed E-state index contributed by atoms with van der Waals surface area (Å²) in [6.45, 7) is 3.11. The van der Waals surface area contributed by atoms with E-state index in [-0.39, 0.29) is 29.6 Å². The molecular formula is C19H19Cl2FN2O. The first-order valence-corrected chi connectivity index (χ1v) is 8.92. The first kappa shape index (κ1) is 18.2. The minimum Gasteiger partial charge on any atom is -0.349 e. The largest absolute Gasteiger partial charge is 0.349 e. The lowest BCUT2D eigenvalue weighted by molar-refractivity contribution is -0.125. The summed E-state index contributed by atoms with van der Waals surface area (Å²) in [5.41, 5.74) is 1.68. The molecule has 2 aromatic carbocycles. The molecular weight excluding hydrogens is 362 g/mol. The Balaban J connectivity index is 1.74. The van der Waals surface area contributed by atoms with Gasteiger partial charge in [-0.15, -0.1) is 0 Å². The highest BCUT2D eigenvalue weighted by Crippen LogP contribution is 2.32. The molecule has 1 aliphatic heterocycles. The number of nitrogens with one attached hydrogen (secondary N) is 2. The average Bonchev–Trinajstić information content (AvgIpc) is 3.03. The van der Waals surface area contributed by atoms with Crippen LogP contribution in [0.1, 0.15) is 30.0 Å². The normalized spacial score (nSPS) is 21.1. The maximum atomic E-state index is 13.4. The lowest BCUT2D eigenvalue weighted by Crippen LogP contribution is -2.36. The Hall–Kier alpha value is -1.62. The van der Waals surface area contributed by atoms with Gasteiger partial charge in [0, 0.05) is 29.1 Å². The molecule has 25 heavy (non-hydrogen) atoms. The summed E-state index contributed by atoms with van der Waals surface area (Å²) in [5, 5.41) is 7.35. The molecule has 0 aromatic heterocycles. The van der Waals surface area contributed by atoms with Gasteiger partial charge >= 0.3 is 0 Å². The van der Waals surface area contributed by atoms with Crippen LogP contribution in [0.2, 0.25) is 10.0 Å². The smallest absolute Gasteiger partial charge is 0.225 e. The van der Waals surface area contributed by atoms with E-state index >= 15 is 0 Å². The van der Waals surface area contributed by atoms with Gasteiger partial charge < -0.3 is 10.6 Å². The highest BCUT2D eigenvalue weighted by molar-refractivity contribution is 6.34. The highest BCUT2D eigenvalue weighted by atomic mass is 35.5. The Labute approximate surface area is 156 Å². The molecule has 1 amide bonds. The third-order valence-electron chi connectivity index (χ3n) is 4.57. The molecule has 3 rings (SSSR count). The van der Waals surface area contributed by atoms with E-state index in [1.807, 2.05) is 19.1 Å². The van der Waals surface area contributed by atoms with Crippen molar-refractivity contribution in [2.75, 3.05) is 13.1 Å². The van der Waals surface area contributed by atoms with E-state index in [0.29, 0.717) is 23.1 Å². The fraction of sp³-hybridized carbons (Fsp3) is 0.316. The van der Waals surface area contributed by atoms with Crippen LogP contribution in [0.15, 0.2) is 42.5 Å². The van der Waals surface area contributed by atoms with E-state index in [0.717, 1.165) is 11.1 Å². The zero-order valence-corrected chi connectivity index (χ0v) is 15.2. The fourth-order valence-corrected chi connectivity index (χ4v) is 3.82.